The number of rotatable bonds is 3. The zero-order valence-electron chi connectivity index (χ0n) is 12.2. The van der Waals surface area contributed by atoms with E-state index in [9.17, 15) is 12.8 Å². The molecule has 3 rings (SSSR count). The average Bonchev–Trinajstić information content (AvgIpc) is 2.97. The minimum Gasteiger partial charge on any atom is -0.444 e. The highest BCUT2D eigenvalue weighted by Gasteiger charge is 2.27. The second-order valence-electron chi connectivity index (χ2n) is 5.52. The van der Waals surface area contributed by atoms with Crippen molar-refractivity contribution in [2.45, 2.75) is 18.8 Å². The van der Waals surface area contributed by atoms with Gasteiger partial charge in [0.2, 0.25) is 15.9 Å². The van der Waals surface area contributed by atoms with Gasteiger partial charge in [0.15, 0.2) is 0 Å². The van der Waals surface area contributed by atoms with Gasteiger partial charge in [0.05, 0.1) is 11.9 Å². The van der Waals surface area contributed by atoms with Crippen molar-refractivity contribution < 1.29 is 17.2 Å². The highest BCUT2D eigenvalue weighted by atomic mass is 32.2. The molecule has 0 spiro atoms. The predicted molar refractivity (Wildman–Crippen MR) is 80.3 cm³/mol. The van der Waals surface area contributed by atoms with Crippen molar-refractivity contribution >= 4 is 10.0 Å². The van der Waals surface area contributed by atoms with E-state index in [2.05, 4.69) is 4.98 Å². The summed E-state index contributed by atoms with van der Waals surface area (Å²) in [6, 6.07) is 5.97. The lowest BCUT2D eigenvalue weighted by Gasteiger charge is -2.28. The summed E-state index contributed by atoms with van der Waals surface area (Å²) >= 11 is 0. The van der Waals surface area contributed by atoms with Crippen molar-refractivity contribution in [3.63, 3.8) is 0 Å². The van der Waals surface area contributed by atoms with E-state index in [-0.39, 0.29) is 11.7 Å². The zero-order valence-corrected chi connectivity index (χ0v) is 13.0. The van der Waals surface area contributed by atoms with Crippen molar-refractivity contribution in [1.29, 1.82) is 0 Å². The molecule has 0 saturated carbocycles. The molecule has 0 aliphatic carbocycles. The first kappa shape index (κ1) is 15.2. The Balaban J connectivity index is 1.71. The molecule has 7 heteroatoms. The van der Waals surface area contributed by atoms with Gasteiger partial charge >= 0.3 is 0 Å². The molecule has 0 N–H and O–H groups in total. The molecular weight excluding hydrogens is 307 g/mol. The van der Waals surface area contributed by atoms with Crippen LogP contribution in [0, 0.1) is 5.82 Å². The molecule has 0 radical (unpaired) electrons. The first-order valence-corrected chi connectivity index (χ1v) is 8.95. The van der Waals surface area contributed by atoms with E-state index in [0.29, 0.717) is 19.0 Å². The van der Waals surface area contributed by atoms with Crippen molar-refractivity contribution in [3.8, 4) is 11.5 Å². The molecule has 2 aromatic rings. The summed E-state index contributed by atoms with van der Waals surface area (Å²) in [5, 5.41) is 0. The summed E-state index contributed by atoms with van der Waals surface area (Å²) < 4.78 is 42.9. The number of hydrogen-bond donors (Lipinski definition) is 0. The molecule has 1 aromatic carbocycles. The van der Waals surface area contributed by atoms with Gasteiger partial charge in [-0.2, -0.15) is 0 Å². The minimum atomic E-state index is -3.12. The third-order valence-corrected chi connectivity index (χ3v) is 5.26. The Bertz CT molecular complexity index is 747. The Labute approximate surface area is 128 Å². The van der Waals surface area contributed by atoms with Crippen LogP contribution < -0.4 is 0 Å². The van der Waals surface area contributed by atoms with Gasteiger partial charge in [-0.25, -0.2) is 22.1 Å². The lowest BCUT2D eigenvalue weighted by atomic mass is 9.95. The molecule has 1 aromatic heterocycles. The highest BCUT2D eigenvalue weighted by molar-refractivity contribution is 7.88. The third-order valence-electron chi connectivity index (χ3n) is 3.95. The van der Waals surface area contributed by atoms with E-state index in [1.807, 2.05) is 0 Å². The van der Waals surface area contributed by atoms with E-state index in [1.165, 1.54) is 22.7 Å². The van der Waals surface area contributed by atoms with Gasteiger partial charge in [-0.15, -0.1) is 0 Å². The molecule has 1 aliphatic rings. The van der Waals surface area contributed by atoms with Crippen LogP contribution in [0.4, 0.5) is 4.39 Å². The summed E-state index contributed by atoms with van der Waals surface area (Å²) in [6.45, 7) is 1.00. The summed E-state index contributed by atoms with van der Waals surface area (Å²) in [5.74, 6) is 0.347. The molecule has 1 fully saturated rings. The second-order valence-corrected chi connectivity index (χ2v) is 7.50. The van der Waals surface area contributed by atoms with Crippen molar-refractivity contribution in [3.05, 3.63) is 42.0 Å². The quantitative estimate of drug-likeness (QED) is 0.870. The van der Waals surface area contributed by atoms with E-state index in [4.69, 9.17) is 4.42 Å². The van der Waals surface area contributed by atoms with Gasteiger partial charge < -0.3 is 4.42 Å². The smallest absolute Gasteiger partial charge is 0.226 e. The topological polar surface area (TPSA) is 63.4 Å². The SMILES string of the molecule is CS(=O)(=O)N1CCC(c2coc(-c3ccc(F)cc3)n2)CC1. The molecule has 1 aliphatic heterocycles. The van der Waals surface area contributed by atoms with Crippen LogP contribution in [0.5, 0.6) is 0 Å². The van der Waals surface area contributed by atoms with Crippen LogP contribution in [0.15, 0.2) is 34.9 Å². The fourth-order valence-electron chi connectivity index (χ4n) is 2.68. The van der Waals surface area contributed by atoms with Gasteiger partial charge in [-0.05, 0) is 37.1 Å². The maximum absolute atomic E-state index is 12.9. The van der Waals surface area contributed by atoms with Crippen LogP contribution in [0.1, 0.15) is 24.5 Å². The average molecular weight is 324 g/mol. The Hall–Kier alpha value is -1.73. The van der Waals surface area contributed by atoms with Gasteiger partial charge in [-0.3, -0.25) is 0 Å². The first-order chi connectivity index (χ1) is 10.4. The number of nitrogens with zero attached hydrogens (tertiary/aromatic N) is 2. The van der Waals surface area contributed by atoms with Gasteiger partial charge in [-0.1, -0.05) is 0 Å². The van der Waals surface area contributed by atoms with Crippen molar-refractivity contribution in [1.82, 2.24) is 9.29 Å². The van der Waals surface area contributed by atoms with Crippen LogP contribution in [0.25, 0.3) is 11.5 Å². The minimum absolute atomic E-state index is 0.191. The summed E-state index contributed by atoms with van der Waals surface area (Å²) in [5.41, 5.74) is 1.55. The Kier molecular flexibility index (Phi) is 4.01. The van der Waals surface area contributed by atoms with E-state index in [0.717, 1.165) is 24.1 Å². The van der Waals surface area contributed by atoms with Crippen molar-refractivity contribution in [2.24, 2.45) is 0 Å². The largest absolute Gasteiger partial charge is 0.444 e. The number of piperidine rings is 1. The van der Waals surface area contributed by atoms with Crippen LogP contribution in [-0.2, 0) is 10.0 Å². The van der Waals surface area contributed by atoms with Crippen LogP contribution in [0.3, 0.4) is 0 Å². The third kappa shape index (κ3) is 3.20. The maximum Gasteiger partial charge on any atom is 0.226 e. The van der Waals surface area contributed by atoms with Gasteiger partial charge in [0.25, 0.3) is 0 Å². The zero-order chi connectivity index (χ0) is 15.7. The molecule has 5 nitrogen and oxygen atoms in total. The van der Waals surface area contributed by atoms with Gasteiger partial charge in [0.1, 0.15) is 12.1 Å². The second kappa shape index (κ2) is 5.81. The molecule has 118 valence electrons. The maximum atomic E-state index is 12.9. The van der Waals surface area contributed by atoms with Crippen LogP contribution in [-0.4, -0.2) is 37.1 Å². The predicted octanol–water partition coefficient (Wildman–Crippen LogP) is 2.62. The molecule has 1 saturated heterocycles. The fourth-order valence-corrected chi connectivity index (χ4v) is 3.56. The Morgan fingerprint density at radius 1 is 1.23 bits per heavy atom. The number of hydrogen-bond acceptors (Lipinski definition) is 4. The number of benzene rings is 1. The van der Waals surface area contributed by atoms with E-state index >= 15 is 0 Å². The Morgan fingerprint density at radius 3 is 2.45 bits per heavy atom. The first-order valence-electron chi connectivity index (χ1n) is 7.10. The molecule has 0 amide bonds. The molecule has 0 unspecified atom stereocenters. The summed E-state index contributed by atoms with van der Waals surface area (Å²) in [4.78, 5) is 4.46. The summed E-state index contributed by atoms with van der Waals surface area (Å²) in [6.07, 6.45) is 4.29. The number of sulfonamides is 1. The Morgan fingerprint density at radius 2 is 1.86 bits per heavy atom. The van der Waals surface area contributed by atoms with E-state index in [1.54, 1.807) is 18.4 Å². The lowest BCUT2D eigenvalue weighted by Crippen LogP contribution is -2.37. The molecule has 22 heavy (non-hydrogen) atoms. The van der Waals surface area contributed by atoms with Crippen LogP contribution in [0.2, 0.25) is 0 Å². The normalized spacial score (nSPS) is 17.7. The molecule has 0 atom stereocenters. The van der Waals surface area contributed by atoms with Crippen LogP contribution >= 0.6 is 0 Å². The number of oxazole rings is 1. The lowest BCUT2D eigenvalue weighted by molar-refractivity contribution is 0.318. The molecule has 2 heterocycles. The fraction of sp³-hybridized carbons (Fsp3) is 0.400. The monoisotopic (exact) mass is 324 g/mol. The molecule has 0 bridgehead atoms. The highest BCUT2D eigenvalue weighted by Crippen LogP contribution is 2.30. The summed E-state index contributed by atoms with van der Waals surface area (Å²) in [7, 11) is -3.12. The molecular formula is C15H17FN2O3S. The van der Waals surface area contributed by atoms with Crippen molar-refractivity contribution in [2.75, 3.05) is 19.3 Å². The number of halogens is 1. The number of aromatic nitrogens is 1. The van der Waals surface area contributed by atoms with Gasteiger partial charge in [0, 0.05) is 24.6 Å². The standard InChI is InChI=1S/C15H17FN2O3S/c1-22(19,20)18-8-6-11(7-9-18)14-10-21-15(17-14)12-2-4-13(16)5-3-12/h2-5,10-11H,6-9H2,1H3. The van der Waals surface area contributed by atoms with E-state index < -0.39 is 10.0 Å².